The molecule has 0 bridgehead atoms. The van der Waals surface area contributed by atoms with Gasteiger partial charge in [-0.1, -0.05) is 13.8 Å². The number of aromatic nitrogens is 3. The Morgan fingerprint density at radius 1 is 1.29 bits per heavy atom. The molecule has 94 valence electrons. The number of halogens is 1. The average molecular weight is 299 g/mol. The molecule has 0 aromatic carbocycles. The first-order valence-electron chi connectivity index (χ1n) is 5.80. The van der Waals surface area contributed by atoms with E-state index in [2.05, 4.69) is 44.3 Å². The van der Waals surface area contributed by atoms with Crippen LogP contribution in [-0.2, 0) is 0 Å². The van der Waals surface area contributed by atoms with Crippen molar-refractivity contribution >= 4 is 32.8 Å². The fourth-order valence-electron chi connectivity index (χ4n) is 1.86. The Balaban J connectivity index is 0.000000686. The van der Waals surface area contributed by atoms with Crippen LogP contribution in [0.25, 0.3) is 11.0 Å². The fraction of sp³-hybridized carbons (Fsp3) is 0.500. The summed E-state index contributed by atoms with van der Waals surface area (Å²) in [4.78, 5) is 8.29. The van der Waals surface area contributed by atoms with E-state index in [1.165, 1.54) is 6.33 Å². The van der Waals surface area contributed by atoms with Crippen LogP contribution in [0.3, 0.4) is 0 Å². The first kappa shape index (κ1) is 14.0. The quantitative estimate of drug-likeness (QED) is 0.873. The Hall–Kier alpha value is -1.10. The molecule has 4 nitrogen and oxygen atoms in total. The maximum atomic E-state index is 5.84. The van der Waals surface area contributed by atoms with Crippen molar-refractivity contribution in [3.05, 3.63) is 16.5 Å². The van der Waals surface area contributed by atoms with Crippen LogP contribution in [0.1, 0.15) is 39.4 Å². The van der Waals surface area contributed by atoms with Crippen molar-refractivity contribution in [2.75, 3.05) is 5.73 Å². The number of nitrogen functional groups attached to an aromatic ring is 1. The van der Waals surface area contributed by atoms with E-state index in [-0.39, 0.29) is 0 Å². The Bertz CT molecular complexity index is 517. The summed E-state index contributed by atoms with van der Waals surface area (Å²) in [5.41, 5.74) is 7.87. The molecule has 0 saturated heterocycles. The Morgan fingerprint density at radius 2 is 1.88 bits per heavy atom. The summed E-state index contributed by atoms with van der Waals surface area (Å²) >= 11 is 3.54. The number of anilines is 1. The molecule has 2 heterocycles. The highest BCUT2D eigenvalue weighted by Crippen LogP contribution is 2.34. The van der Waals surface area contributed by atoms with Gasteiger partial charge in [-0.05, 0) is 36.7 Å². The lowest BCUT2D eigenvalue weighted by atomic mass is 10.3. The third kappa shape index (κ3) is 2.29. The summed E-state index contributed by atoms with van der Waals surface area (Å²) in [6.45, 7) is 10.3. The van der Waals surface area contributed by atoms with Crippen molar-refractivity contribution in [1.82, 2.24) is 14.5 Å². The highest BCUT2D eigenvalue weighted by atomic mass is 79.9. The highest BCUT2D eigenvalue weighted by Gasteiger charge is 2.17. The smallest absolute Gasteiger partial charge is 0.147 e. The maximum absolute atomic E-state index is 5.84. The van der Waals surface area contributed by atoms with Crippen molar-refractivity contribution in [1.29, 1.82) is 0 Å². The zero-order valence-electron chi connectivity index (χ0n) is 11.0. The van der Waals surface area contributed by atoms with E-state index in [1.807, 2.05) is 20.8 Å². The number of rotatable bonds is 1. The van der Waals surface area contributed by atoms with Gasteiger partial charge < -0.3 is 10.3 Å². The summed E-state index contributed by atoms with van der Waals surface area (Å²) in [5, 5.41) is 0.906. The van der Waals surface area contributed by atoms with Crippen molar-refractivity contribution in [2.45, 2.75) is 40.7 Å². The van der Waals surface area contributed by atoms with E-state index in [9.17, 15) is 0 Å². The van der Waals surface area contributed by atoms with Gasteiger partial charge in [0.1, 0.15) is 17.8 Å². The lowest BCUT2D eigenvalue weighted by Crippen LogP contribution is -2.04. The lowest BCUT2D eigenvalue weighted by molar-refractivity contribution is 0.602. The third-order valence-corrected chi connectivity index (χ3v) is 3.47. The molecule has 0 unspecified atom stereocenters. The van der Waals surface area contributed by atoms with Crippen LogP contribution in [0.4, 0.5) is 5.82 Å². The lowest BCUT2D eigenvalue weighted by Gasteiger charge is -2.11. The second-order valence-electron chi connectivity index (χ2n) is 3.82. The van der Waals surface area contributed by atoms with Gasteiger partial charge in [0.25, 0.3) is 0 Å². The predicted octanol–water partition coefficient (Wildman–Crippen LogP) is 3.69. The summed E-state index contributed by atoms with van der Waals surface area (Å²) in [6.07, 6.45) is 1.50. The maximum Gasteiger partial charge on any atom is 0.147 e. The van der Waals surface area contributed by atoms with Gasteiger partial charge in [-0.2, -0.15) is 0 Å². The molecule has 0 aliphatic carbocycles. The van der Waals surface area contributed by atoms with Crippen molar-refractivity contribution in [3.8, 4) is 0 Å². The van der Waals surface area contributed by atoms with E-state index in [4.69, 9.17) is 5.73 Å². The minimum atomic E-state index is 0.355. The Morgan fingerprint density at radius 3 is 2.41 bits per heavy atom. The van der Waals surface area contributed by atoms with Gasteiger partial charge in [0.2, 0.25) is 0 Å². The summed E-state index contributed by atoms with van der Waals surface area (Å²) in [5.74, 6) is 0.523. The van der Waals surface area contributed by atoms with Gasteiger partial charge in [-0.15, -0.1) is 0 Å². The van der Waals surface area contributed by atoms with Gasteiger partial charge in [0.05, 0.1) is 9.86 Å². The van der Waals surface area contributed by atoms with Crippen LogP contribution in [-0.4, -0.2) is 14.5 Å². The van der Waals surface area contributed by atoms with Gasteiger partial charge in [0.15, 0.2) is 0 Å². The van der Waals surface area contributed by atoms with E-state index in [1.54, 1.807) is 0 Å². The molecule has 2 aromatic rings. The van der Waals surface area contributed by atoms with Gasteiger partial charge in [0, 0.05) is 11.7 Å². The molecular formula is C12H19BrN4. The second kappa shape index (κ2) is 5.49. The number of fused-ring (bicyclic) bond motifs is 1. The predicted molar refractivity (Wildman–Crippen MR) is 76.1 cm³/mol. The molecule has 0 saturated carbocycles. The summed E-state index contributed by atoms with van der Waals surface area (Å²) in [6, 6.07) is 0.355. The Labute approximate surface area is 110 Å². The largest absolute Gasteiger partial charge is 0.383 e. The molecule has 0 atom stereocenters. The highest BCUT2D eigenvalue weighted by molar-refractivity contribution is 9.10. The first-order chi connectivity index (χ1) is 8.04. The van der Waals surface area contributed by atoms with Crippen LogP contribution < -0.4 is 5.73 Å². The van der Waals surface area contributed by atoms with Gasteiger partial charge in [-0.25, -0.2) is 9.97 Å². The number of hydrogen-bond donors (Lipinski definition) is 1. The molecule has 0 spiro atoms. The molecule has 5 heteroatoms. The second-order valence-corrected chi connectivity index (χ2v) is 4.61. The third-order valence-electron chi connectivity index (χ3n) is 2.50. The van der Waals surface area contributed by atoms with Gasteiger partial charge in [-0.3, -0.25) is 0 Å². The molecule has 2 rings (SSSR count). The molecule has 17 heavy (non-hydrogen) atoms. The standard InChI is InChI=1S/C10H13BrN4.C2H6/c1-5(2)15-6(3)8(11)7-9(12)13-4-14-10(7)15;1-2/h4-5H,1-3H3,(H2,12,13,14);1-2H3. The molecule has 2 aromatic heterocycles. The number of nitrogens with two attached hydrogens (primary N) is 1. The first-order valence-corrected chi connectivity index (χ1v) is 6.59. The fourth-order valence-corrected chi connectivity index (χ4v) is 2.43. The normalized spacial score (nSPS) is 10.5. The SMILES string of the molecule is CC.Cc1c(Br)c2c(N)ncnc2n1C(C)C. The van der Waals surface area contributed by atoms with Crippen molar-refractivity contribution < 1.29 is 0 Å². The molecule has 0 aliphatic heterocycles. The monoisotopic (exact) mass is 298 g/mol. The van der Waals surface area contributed by atoms with E-state index < -0.39 is 0 Å². The summed E-state index contributed by atoms with van der Waals surface area (Å²) < 4.78 is 3.14. The zero-order chi connectivity index (χ0) is 13.2. The van der Waals surface area contributed by atoms with Crippen LogP contribution in [0, 0.1) is 6.92 Å². The topological polar surface area (TPSA) is 56.7 Å². The van der Waals surface area contributed by atoms with E-state index in [0.29, 0.717) is 11.9 Å². The summed E-state index contributed by atoms with van der Waals surface area (Å²) in [7, 11) is 0. The molecule has 0 amide bonds. The zero-order valence-corrected chi connectivity index (χ0v) is 12.5. The van der Waals surface area contributed by atoms with Crippen molar-refractivity contribution in [3.63, 3.8) is 0 Å². The minimum absolute atomic E-state index is 0.355. The van der Waals surface area contributed by atoms with E-state index in [0.717, 1.165) is 21.2 Å². The van der Waals surface area contributed by atoms with Crippen LogP contribution in [0.2, 0.25) is 0 Å². The van der Waals surface area contributed by atoms with Crippen LogP contribution in [0.15, 0.2) is 10.8 Å². The van der Waals surface area contributed by atoms with E-state index >= 15 is 0 Å². The van der Waals surface area contributed by atoms with Crippen LogP contribution >= 0.6 is 15.9 Å². The van der Waals surface area contributed by atoms with Crippen molar-refractivity contribution in [2.24, 2.45) is 0 Å². The number of nitrogens with zero attached hydrogens (tertiary/aromatic N) is 3. The Kier molecular flexibility index (Phi) is 4.51. The van der Waals surface area contributed by atoms with Crippen LogP contribution in [0.5, 0.6) is 0 Å². The molecule has 0 fully saturated rings. The average Bonchev–Trinajstić information content (AvgIpc) is 2.55. The molecular weight excluding hydrogens is 280 g/mol. The minimum Gasteiger partial charge on any atom is -0.383 e. The molecule has 0 radical (unpaired) electrons. The number of hydrogen-bond acceptors (Lipinski definition) is 3. The molecule has 0 aliphatic rings. The van der Waals surface area contributed by atoms with Gasteiger partial charge >= 0.3 is 0 Å². The molecule has 2 N–H and O–H groups in total.